The SMILES string of the molecule is C=CC(=CCC)CC(NC(=O)Nc1ccc(F)cc1F)C(=O)NC(CCC(C)(C)C)C(=O)OC. The van der Waals surface area contributed by atoms with Crippen molar-refractivity contribution in [2.75, 3.05) is 12.4 Å². The first kappa shape index (κ1) is 28.8. The number of amides is 3. The summed E-state index contributed by atoms with van der Waals surface area (Å²) in [4.78, 5) is 37.9. The number of anilines is 1. The number of nitrogens with one attached hydrogen (secondary N) is 3. The molecular formula is C25H35F2N3O4. The van der Waals surface area contributed by atoms with Crippen LogP contribution < -0.4 is 16.0 Å². The van der Waals surface area contributed by atoms with E-state index in [1.54, 1.807) is 6.08 Å². The molecule has 1 aromatic rings. The maximum absolute atomic E-state index is 13.9. The first-order chi connectivity index (χ1) is 15.9. The topological polar surface area (TPSA) is 96.5 Å². The predicted octanol–water partition coefficient (Wildman–Crippen LogP) is 4.85. The summed E-state index contributed by atoms with van der Waals surface area (Å²) in [6.07, 6.45) is 5.18. The van der Waals surface area contributed by atoms with Crippen LogP contribution in [0.5, 0.6) is 0 Å². The van der Waals surface area contributed by atoms with E-state index in [0.29, 0.717) is 30.9 Å². The van der Waals surface area contributed by atoms with E-state index in [1.807, 2.05) is 33.8 Å². The average molecular weight is 480 g/mol. The molecule has 3 N–H and O–H groups in total. The van der Waals surface area contributed by atoms with Gasteiger partial charge in [-0.1, -0.05) is 52.0 Å². The number of ether oxygens (including phenoxy) is 1. The van der Waals surface area contributed by atoms with Crippen molar-refractivity contribution < 1.29 is 27.9 Å². The van der Waals surface area contributed by atoms with Gasteiger partial charge in [0.2, 0.25) is 5.91 Å². The van der Waals surface area contributed by atoms with Crippen LogP contribution in [0, 0.1) is 17.0 Å². The molecule has 0 radical (unpaired) electrons. The standard InChI is InChI=1S/C25H35F2N3O4/c1-7-9-16(8-2)14-21(30-24(33)29-19-11-10-17(26)15-18(19)27)22(31)28-20(23(32)34-6)12-13-25(3,4)5/h8-11,15,20-21H,2,7,12-14H2,1,3-6H3,(H,28,31)(H2,29,30,33). The molecule has 9 heteroatoms. The Morgan fingerprint density at radius 3 is 2.35 bits per heavy atom. The minimum Gasteiger partial charge on any atom is -0.467 e. The molecule has 0 saturated carbocycles. The first-order valence-electron chi connectivity index (χ1n) is 11.1. The van der Waals surface area contributed by atoms with Gasteiger partial charge in [0.05, 0.1) is 12.8 Å². The molecule has 34 heavy (non-hydrogen) atoms. The van der Waals surface area contributed by atoms with Crippen LogP contribution in [-0.2, 0) is 14.3 Å². The molecule has 2 unspecified atom stereocenters. The summed E-state index contributed by atoms with van der Waals surface area (Å²) in [5.41, 5.74) is 0.386. The Morgan fingerprint density at radius 1 is 1.15 bits per heavy atom. The van der Waals surface area contributed by atoms with Crippen molar-refractivity contribution in [2.24, 2.45) is 5.41 Å². The molecule has 0 aliphatic rings. The molecule has 188 valence electrons. The van der Waals surface area contributed by atoms with E-state index in [4.69, 9.17) is 4.74 Å². The second-order valence-electron chi connectivity index (χ2n) is 9.05. The number of hydrogen-bond acceptors (Lipinski definition) is 4. The lowest BCUT2D eigenvalue weighted by molar-refractivity contribution is -0.145. The van der Waals surface area contributed by atoms with Gasteiger partial charge in [-0.15, -0.1) is 0 Å². The van der Waals surface area contributed by atoms with Crippen LogP contribution in [-0.4, -0.2) is 37.1 Å². The molecule has 2 atom stereocenters. The van der Waals surface area contributed by atoms with Crippen LogP contribution in [0.3, 0.4) is 0 Å². The molecule has 0 aromatic heterocycles. The van der Waals surface area contributed by atoms with Gasteiger partial charge in [-0.2, -0.15) is 0 Å². The summed E-state index contributed by atoms with van der Waals surface area (Å²) in [5, 5.41) is 7.43. The minimum absolute atomic E-state index is 0.0758. The van der Waals surface area contributed by atoms with E-state index in [1.165, 1.54) is 7.11 Å². The highest BCUT2D eigenvalue weighted by Crippen LogP contribution is 2.22. The molecule has 0 aliphatic heterocycles. The number of allylic oxidation sites excluding steroid dienone is 2. The van der Waals surface area contributed by atoms with Gasteiger partial charge in [-0.05, 0) is 36.8 Å². The Kier molecular flexibility index (Phi) is 11.4. The molecule has 0 heterocycles. The third-order valence-electron chi connectivity index (χ3n) is 4.95. The van der Waals surface area contributed by atoms with Crippen LogP contribution in [0.4, 0.5) is 19.3 Å². The molecule has 0 bridgehead atoms. The van der Waals surface area contributed by atoms with Crippen molar-refractivity contribution in [3.63, 3.8) is 0 Å². The van der Waals surface area contributed by atoms with Gasteiger partial charge in [0.1, 0.15) is 23.7 Å². The smallest absolute Gasteiger partial charge is 0.328 e. The largest absolute Gasteiger partial charge is 0.467 e. The molecule has 0 spiro atoms. The van der Waals surface area contributed by atoms with Crippen LogP contribution in [0.1, 0.15) is 53.4 Å². The first-order valence-corrected chi connectivity index (χ1v) is 11.1. The summed E-state index contributed by atoms with van der Waals surface area (Å²) >= 11 is 0. The monoisotopic (exact) mass is 479 g/mol. The van der Waals surface area contributed by atoms with E-state index in [2.05, 4.69) is 22.5 Å². The summed E-state index contributed by atoms with van der Waals surface area (Å²) in [6, 6.07) is -0.156. The number of benzene rings is 1. The van der Waals surface area contributed by atoms with E-state index >= 15 is 0 Å². The zero-order valence-electron chi connectivity index (χ0n) is 20.5. The van der Waals surface area contributed by atoms with Crippen LogP contribution in [0.25, 0.3) is 0 Å². The molecule has 3 amide bonds. The second-order valence-corrected chi connectivity index (χ2v) is 9.05. The quantitative estimate of drug-likeness (QED) is 0.312. The highest BCUT2D eigenvalue weighted by Gasteiger charge is 2.29. The Bertz CT molecular complexity index is 910. The Labute approximate surface area is 200 Å². The molecule has 0 fully saturated rings. The van der Waals surface area contributed by atoms with Crippen LogP contribution in [0.15, 0.2) is 42.5 Å². The molecule has 1 rings (SSSR count). The summed E-state index contributed by atoms with van der Waals surface area (Å²) in [7, 11) is 1.23. The van der Waals surface area contributed by atoms with E-state index in [9.17, 15) is 23.2 Å². The highest BCUT2D eigenvalue weighted by molar-refractivity contribution is 5.95. The molecule has 7 nitrogen and oxygen atoms in total. The molecule has 0 saturated heterocycles. The number of esters is 1. The van der Waals surface area contributed by atoms with Gasteiger partial charge >= 0.3 is 12.0 Å². The molecular weight excluding hydrogens is 444 g/mol. The maximum atomic E-state index is 13.9. The third-order valence-corrected chi connectivity index (χ3v) is 4.95. The normalized spacial score (nSPS) is 13.4. The van der Waals surface area contributed by atoms with Crippen LogP contribution >= 0.6 is 0 Å². The number of hydrogen-bond donors (Lipinski definition) is 3. The van der Waals surface area contributed by atoms with Crippen molar-refractivity contribution in [1.82, 2.24) is 10.6 Å². The Balaban J connectivity index is 3.07. The zero-order valence-corrected chi connectivity index (χ0v) is 20.5. The van der Waals surface area contributed by atoms with E-state index in [-0.39, 0.29) is 17.5 Å². The van der Waals surface area contributed by atoms with E-state index < -0.39 is 41.6 Å². The summed E-state index contributed by atoms with van der Waals surface area (Å²) in [5.74, 6) is -2.95. The molecule has 0 aliphatic carbocycles. The number of carbonyl (C=O) groups excluding carboxylic acids is 3. The van der Waals surface area contributed by atoms with Gasteiger partial charge in [0, 0.05) is 12.5 Å². The lowest BCUT2D eigenvalue weighted by atomic mass is 9.88. The summed E-state index contributed by atoms with van der Waals surface area (Å²) < 4.78 is 31.9. The number of rotatable bonds is 11. The third kappa shape index (κ3) is 10.1. The number of urea groups is 1. The average Bonchev–Trinajstić information content (AvgIpc) is 2.76. The Morgan fingerprint density at radius 2 is 1.82 bits per heavy atom. The lowest BCUT2D eigenvalue weighted by Gasteiger charge is -2.25. The van der Waals surface area contributed by atoms with Crippen molar-refractivity contribution in [1.29, 1.82) is 0 Å². The van der Waals surface area contributed by atoms with Crippen molar-refractivity contribution in [2.45, 2.75) is 65.5 Å². The zero-order chi connectivity index (χ0) is 25.9. The Hall–Kier alpha value is -3.23. The van der Waals surface area contributed by atoms with Gasteiger partial charge in [0.25, 0.3) is 0 Å². The fraction of sp³-hybridized carbons (Fsp3) is 0.480. The van der Waals surface area contributed by atoms with Crippen LogP contribution in [0.2, 0.25) is 0 Å². The van der Waals surface area contributed by atoms with Gasteiger partial charge in [-0.3, -0.25) is 4.79 Å². The second kappa shape index (κ2) is 13.5. The van der Waals surface area contributed by atoms with Crippen molar-refractivity contribution in [3.8, 4) is 0 Å². The fourth-order valence-corrected chi connectivity index (χ4v) is 3.11. The lowest BCUT2D eigenvalue weighted by Crippen LogP contribution is -2.52. The van der Waals surface area contributed by atoms with Crippen molar-refractivity contribution in [3.05, 3.63) is 54.1 Å². The maximum Gasteiger partial charge on any atom is 0.328 e. The fourth-order valence-electron chi connectivity index (χ4n) is 3.11. The van der Waals surface area contributed by atoms with Gasteiger partial charge in [-0.25, -0.2) is 18.4 Å². The predicted molar refractivity (Wildman–Crippen MR) is 128 cm³/mol. The number of carbonyl (C=O) groups is 3. The number of methoxy groups -OCH3 is 1. The highest BCUT2D eigenvalue weighted by atomic mass is 19.1. The summed E-state index contributed by atoms with van der Waals surface area (Å²) in [6.45, 7) is 11.7. The minimum atomic E-state index is -1.10. The molecule has 1 aromatic carbocycles. The van der Waals surface area contributed by atoms with Crippen molar-refractivity contribution >= 4 is 23.6 Å². The van der Waals surface area contributed by atoms with Gasteiger partial charge in [0.15, 0.2) is 0 Å². The van der Waals surface area contributed by atoms with Gasteiger partial charge < -0.3 is 20.7 Å². The van der Waals surface area contributed by atoms with E-state index in [0.717, 1.165) is 12.1 Å². The number of halogens is 2.